The summed E-state index contributed by atoms with van der Waals surface area (Å²) in [5, 5.41) is 8.06. The van der Waals surface area contributed by atoms with Gasteiger partial charge in [-0.05, 0) is 34.1 Å². The van der Waals surface area contributed by atoms with Gasteiger partial charge in [0.1, 0.15) is 0 Å². The van der Waals surface area contributed by atoms with Crippen molar-refractivity contribution in [1.29, 1.82) is 0 Å². The van der Waals surface area contributed by atoms with Crippen molar-refractivity contribution < 1.29 is 4.42 Å². The number of rotatable bonds is 2. The molecule has 18 heavy (non-hydrogen) atoms. The zero-order chi connectivity index (χ0) is 12.4. The van der Waals surface area contributed by atoms with Gasteiger partial charge in [0.25, 0.3) is 0 Å². The first-order chi connectivity index (χ1) is 8.83. The average molecular weight is 302 g/mol. The second kappa shape index (κ2) is 4.70. The molecule has 88 valence electrons. The third kappa shape index (κ3) is 2.17. The summed E-state index contributed by atoms with van der Waals surface area (Å²) in [6.07, 6.45) is 3.39. The molecule has 0 aliphatic rings. The van der Waals surface area contributed by atoms with Crippen LogP contribution in [0.3, 0.4) is 0 Å². The van der Waals surface area contributed by atoms with E-state index in [0.29, 0.717) is 11.8 Å². The Balaban J connectivity index is 2.00. The molecule has 0 bridgehead atoms. The van der Waals surface area contributed by atoms with E-state index in [-0.39, 0.29) is 0 Å². The van der Waals surface area contributed by atoms with Crippen LogP contribution in [0.2, 0.25) is 0 Å². The van der Waals surface area contributed by atoms with Crippen LogP contribution in [0.15, 0.2) is 57.7 Å². The monoisotopic (exact) mass is 301 g/mol. The standard InChI is InChI=1S/C13H8BrN3O/c14-11-6-10(7-15-8-11)13-17-16-12(18-13)9-4-2-1-3-5-9/h1-8H. The summed E-state index contributed by atoms with van der Waals surface area (Å²) in [6, 6.07) is 11.5. The van der Waals surface area contributed by atoms with Gasteiger partial charge in [0, 0.05) is 22.4 Å². The van der Waals surface area contributed by atoms with Gasteiger partial charge in [0.15, 0.2) is 0 Å². The number of aromatic nitrogens is 3. The summed E-state index contributed by atoms with van der Waals surface area (Å²) >= 11 is 3.36. The maximum atomic E-state index is 5.63. The molecule has 0 aliphatic carbocycles. The first-order valence-electron chi connectivity index (χ1n) is 5.33. The largest absolute Gasteiger partial charge is 0.416 e. The highest BCUT2D eigenvalue weighted by molar-refractivity contribution is 9.10. The molecule has 5 heteroatoms. The van der Waals surface area contributed by atoms with Crippen molar-refractivity contribution in [3.63, 3.8) is 0 Å². The molecule has 4 nitrogen and oxygen atoms in total. The molecule has 0 fully saturated rings. The minimum Gasteiger partial charge on any atom is -0.416 e. The topological polar surface area (TPSA) is 51.8 Å². The van der Waals surface area contributed by atoms with E-state index < -0.39 is 0 Å². The third-order valence-electron chi connectivity index (χ3n) is 2.40. The minimum absolute atomic E-state index is 0.461. The number of benzene rings is 1. The maximum Gasteiger partial charge on any atom is 0.249 e. The zero-order valence-corrected chi connectivity index (χ0v) is 10.8. The van der Waals surface area contributed by atoms with Gasteiger partial charge in [-0.25, -0.2) is 0 Å². The van der Waals surface area contributed by atoms with Gasteiger partial charge in [0.2, 0.25) is 11.8 Å². The van der Waals surface area contributed by atoms with E-state index in [1.54, 1.807) is 12.4 Å². The summed E-state index contributed by atoms with van der Waals surface area (Å²) in [5.74, 6) is 0.966. The van der Waals surface area contributed by atoms with Crippen molar-refractivity contribution in [2.75, 3.05) is 0 Å². The van der Waals surface area contributed by atoms with Crippen molar-refractivity contribution in [2.45, 2.75) is 0 Å². The van der Waals surface area contributed by atoms with Crippen LogP contribution in [0.25, 0.3) is 22.9 Å². The van der Waals surface area contributed by atoms with Crippen LogP contribution in [0.1, 0.15) is 0 Å². The van der Waals surface area contributed by atoms with Crippen LogP contribution in [0.4, 0.5) is 0 Å². The minimum atomic E-state index is 0.461. The van der Waals surface area contributed by atoms with Gasteiger partial charge in [0.05, 0.1) is 5.56 Å². The summed E-state index contributed by atoms with van der Waals surface area (Å²) in [5.41, 5.74) is 1.69. The van der Waals surface area contributed by atoms with Gasteiger partial charge in [-0.1, -0.05) is 18.2 Å². The lowest BCUT2D eigenvalue weighted by Crippen LogP contribution is -1.80. The molecule has 2 heterocycles. The Labute approximate surface area is 112 Å². The first kappa shape index (κ1) is 11.1. The van der Waals surface area contributed by atoms with Crippen molar-refractivity contribution in [2.24, 2.45) is 0 Å². The fourth-order valence-corrected chi connectivity index (χ4v) is 1.93. The van der Waals surface area contributed by atoms with Crippen LogP contribution < -0.4 is 0 Å². The molecule has 2 aromatic heterocycles. The third-order valence-corrected chi connectivity index (χ3v) is 2.83. The highest BCUT2D eigenvalue weighted by Crippen LogP contribution is 2.24. The summed E-state index contributed by atoms with van der Waals surface area (Å²) < 4.78 is 6.50. The van der Waals surface area contributed by atoms with Crippen LogP contribution in [0, 0.1) is 0 Å². The van der Waals surface area contributed by atoms with Crippen molar-refractivity contribution in [3.05, 3.63) is 53.3 Å². The molecule has 0 saturated carbocycles. The molecular weight excluding hydrogens is 294 g/mol. The maximum absolute atomic E-state index is 5.63. The summed E-state index contributed by atoms with van der Waals surface area (Å²) in [4.78, 5) is 4.07. The highest BCUT2D eigenvalue weighted by Gasteiger charge is 2.10. The van der Waals surface area contributed by atoms with Gasteiger partial charge in [-0.2, -0.15) is 0 Å². The molecule has 1 aromatic carbocycles. The number of hydrogen-bond acceptors (Lipinski definition) is 4. The molecule has 0 amide bonds. The molecule has 0 aliphatic heterocycles. The molecule has 3 rings (SSSR count). The number of halogens is 1. The molecule has 0 N–H and O–H groups in total. The Morgan fingerprint density at radius 2 is 1.61 bits per heavy atom. The molecule has 0 saturated heterocycles. The van der Waals surface area contributed by atoms with Gasteiger partial charge < -0.3 is 4.42 Å². The normalized spacial score (nSPS) is 10.5. The summed E-state index contributed by atoms with van der Waals surface area (Å²) in [7, 11) is 0. The second-order valence-corrected chi connectivity index (χ2v) is 4.59. The van der Waals surface area contributed by atoms with Crippen molar-refractivity contribution in [3.8, 4) is 22.9 Å². The van der Waals surface area contributed by atoms with Gasteiger partial charge in [-0.15, -0.1) is 10.2 Å². The molecule has 3 aromatic rings. The average Bonchev–Trinajstić information content (AvgIpc) is 2.89. The van der Waals surface area contributed by atoms with E-state index in [9.17, 15) is 0 Å². The van der Waals surface area contributed by atoms with Gasteiger partial charge >= 0.3 is 0 Å². The van der Waals surface area contributed by atoms with Crippen LogP contribution in [-0.2, 0) is 0 Å². The Hall–Kier alpha value is -2.01. The number of nitrogens with zero attached hydrogens (tertiary/aromatic N) is 3. The number of pyridine rings is 1. The van der Waals surface area contributed by atoms with Crippen molar-refractivity contribution in [1.82, 2.24) is 15.2 Å². The van der Waals surface area contributed by atoms with Crippen LogP contribution >= 0.6 is 15.9 Å². The lowest BCUT2D eigenvalue weighted by molar-refractivity contribution is 0.584. The lowest BCUT2D eigenvalue weighted by Gasteiger charge is -1.95. The predicted molar refractivity (Wildman–Crippen MR) is 70.7 cm³/mol. The summed E-state index contributed by atoms with van der Waals surface area (Å²) in [6.45, 7) is 0. The van der Waals surface area contributed by atoms with E-state index in [2.05, 4.69) is 31.1 Å². The van der Waals surface area contributed by atoms with Gasteiger partial charge in [-0.3, -0.25) is 4.98 Å². The molecule has 0 unspecified atom stereocenters. The Morgan fingerprint density at radius 1 is 0.889 bits per heavy atom. The zero-order valence-electron chi connectivity index (χ0n) is 9.25. The molecular formula is C13H8BrN3O. The first-order valence-corrected chi connectivity index (χ1v) is 6.12. The fourth-order valence-electron chi connectivity index (χ4n) is 1.57. The smallest absolute Gasteiger partial charge is 0.249 e. The molecule has 0 atom stereocenters. The predicted octanol–water partition coefficient (Wildman–Crippen LogP) is 3.56. The van der Waals surface area contributed by atoms with E-state index in [0.717, 1.165) is 15.6 Å². The lowest BCUT2D eigenvalue weighted by atomic mass is 10.2. The molecule has 0 spiro atoms. The number of hydrogen-bond donors (Lipinski definition) is 0. The Kier molecular flexibility index (Phi) is 2.90. The van der Waals surface area contributed by atoms with Crippen LogP contribution in [-0.4, -0.2) is 15.2 Å². The Morgan fingerprint density at radius 3 is 2.33 bits per heavy atom. The van der Waals surface area contributed by atoms with Crippen molar-refractivity contribution >= 4 is 15.9 Å². The SMILES string of the molecule is Brc1cncc(-c2nnc(-c3ccccc3)o2)c1. The highest BCUT2D eigenvalue weighted by atomic mass is 79.9. The fraction of sp³-hybridized carbons (Fsp3) is 0. The van der Waals surface area contributed by atoms with E-state index in [4.69, 9.17) is 4.42 Å². The van der Waals surface area contributed by atoms with Crippen LogP contribution in [0.5, 0.6) is 0 Å². The second-order valence-electron chi connectivity index (χ2n) is 3.67. The van der Waals surface area contributed by atoms with E-state index in [1.807, 2.05) is 36.4 Å². The molecule has 0 radical (unpaired) electrons. The van der Waals surface area contributed by atoms with E-state index in [1.165, 1.54) is 0 Å². The quantitative estimate of drug-likeness (QED) is 0.726. The van der Waals surface area contributed by atoms with E-state index >= 15 is 0 Å². The Bertz CT molecular complexity index is 667.